The monoisotopic (exact) mass is 341 g/mol. The zero-order chi connectivity index (χ0) is 16.8. The minimum atomic E-state index is -0.221. The first-order chi connectivity index (χ1) is 11.8. The summed E-state index contributed by atoms with van der Waals surface area (Å²) in [7, 11) is 0. The molecule has 0 aliphatic heterocycles. The lowest BCUT2D eigenvalue weighted by Gasteiger charge is -2.18. The normalized spacial score (nSPS) is 12.0. The van der Waals surface area contributed by atoms with Crippen LogP contribution in [0.4, 0.5) is 5.69 Å². The van der Waals surface area contributed by atoms with Crippen LogP contribution in [0.2, 0.25) is 0 Å². The van der Waals surface area contributed by atoms with Crippen molar-refractivity contribution in [2.24, 2.45) is 0 Å². The van der Waals surface area contributed by atoms with E-state index in [2.05, 4.69) is 20.5 Å². The number of rotatable bonds is 7. The maximum atomic E-state index is 12.7. The Morgan fingerprint density at radius 1 is 1.33 bits per heavy atom. The van der Waals surface area contributed by atoms with Crippen LogP contribution in [0.15, 0.2) is 55.1 Å². The maximum Gasteiger partial charge on any atom is 0.247 e. The second-order valence-electron chi connectivity index (χ2n) is 5.33. The molecule has 0 aliphatic rings. The first-order valence-corrected chi connectivity index (χ1v) is 9.05. The summed E-state index contributed by atoms with van der Waals surface area (Å²) in [4.78, 5) is 16.9. The van der Waals surface area contributed by atoms with Gasteiger partial charge in [0.2, 0.25) is 5.91 Å². The van der Waals surface area contributed by atoms with Crippen molar-refractivity contribution >= 4 is 23.4 Å². The fourth-order valence-corrected chi connectivity index (χ4v) is 2.97. The Labute approximate surface area is 144 Å². The quantitative estimate of drug-likeness (QED) is 0.692. The molecule has 1 amide bonds. The topological polar surface area (TPSA) is 75.6 Å². The van der Waals surface area contributed by atoms with Crippen LogP contribution in [0.3, 0.4) is 0 Å². The van der Waals surface area contributed by atoms with Crippen molar-refractivity contribution < 1.29 is 4.79 Å². The van der Waals surface area contributed by atoms with Gasteiger partial charge in [-0.1, -0.05) is 12.1 Å². The summed E-state index contributed by atoms with van der Waals surface area (Å²) >= 11 is 1.74. The first kappa shape index (κ1) is 16.3. The SMILES string of the molecule is CSCC[C@@H](C(=O)Nc1cccc(-c2ncn[nH]2)c1)n1cccc1. The van der Waals surface area contributed by atoms with Gasteiger partial charge in [-0.15, -0.1) is 0 Å². The number of carbonyl (C=O) groups is 1. The minimum absolute atomic E-state index is 0.0185. The zero-order valence-corrected chi connectivity index (χ0v) is 14.2. The number of H-pyrrole nitrogens is 1. The predicted molar refractivity (Wildman–Crippen MR) is 96.9 cm³/mol. The fourth-order valence-electron chi connectivity index (χ4n) is 2.52. The third kappa shape index (κ3) is 3.86. The Kier molecular flexibility index (Phi) is 5.32. The molecule has 1 atom stereocenters. The average Bonchev–Trinajstić information content (AvgIpc) is 3.29. The van der Waals surface area contributed by atoms with Gasteiger partial charge in [-0.05, 0) is 42.7 Å². The molecular formula is C17H19N5OS. The Morgan fingerprint density at radius 2 is 2.17 bits per heavy atom. The molecule has 0 saturated carbocycles. The molecule has 2 N–H and O–H groups in total. The number of hydrogen-bond acceptors (Lipinski definition) is 4. The number of benzene rings is 1. The second kappa shape index (κ2) is 7.83. The average molecular weight is 341 g/mol. The molecular weight excluding hydrogens is 322 g/mol. The zero-order valence-electron chi connectivity index (χ0n) is 13.3. The Balaban J connectivity index is 1.76. The molecule has 124 valence electrons. The highest BCUT2D eigenvalue weighted by Crippen LogP contribution is 2.21. The number of hydrogen-bond donors (Lipinski definition) is 2. The molecule has 1 aromatic carbocycles. The molecule has 0 saturated heterocycles. The molecule has 7 heteroatoms. The minimum Gasteiger partial charge on any atom is -0.342 e. The van der Waals surface area contributed by atoms with E-state index < -0.39 is 0 Å². The van der Waals surface area contributed by atoms with Gasteiger partial charge in [0.25, 0.3) is 0 Å². The van der Waals surface area contributed by atoms with E-state index in [9.17, 15) is 4.79 Å². The van der Waals surface area contributed by atoms with Crippen molar-refractivity contribution in [2.45, 2.75) is 12.5 Å². The molecule has 0 fully saturated rings. The van der Waals surface area contributed by atoms with Crippen molar-refractivity contribution in [3.8, 4) is 11.4 Å². The van der Waals surface area contributed by atoms with Gasteiger partial charge in [0, 0.05) is 23.6 Å². The highest BCUT2D eigenvalue weighted by atomic mass is 32.2. The molecule has 0 radical (unpaired) electrons. The summed E-state index contributed by atoms with van der Waals surface area (Å²) in [6.07, 6.45) is 8.14. The highest BCUT2D eigenvalue weighted by Gasteiger charge is 2.19. The number of thioether (sulfide) groups is 1. The molecule has 3 rings (SSSR count). The van der Waals surface area contributed by atoms with Crippen molar-refractivity contribution in [1.29, 1.82) is 0 Å². The van der Waals surface area contributed by atoms with Gasteiger partial charge in [0.05, 0.1) is 0 Å². The van der Waals surface area contributed by atoms with E-state index in [1.54, 1.807) is 11.8 Å². The largest absolute Gasteiger partial charge is 0.342 e. The lowest BCUT2D eigenvalue weighted by atomic mass is 10.1. The van der Waals surface area contributed by atoms with Gasteiger partial charge in [0.15, 0.2) is 5.82 Å². The van der Waals surface area contributed by atoms with Crippen molar-refractivity contribution in [3.63, 3.8) is 0 Å². The number of aromatic amines is 1. The van der Waals surface area contributed by atoms with Gasteiger partial charge in [0.1, 0.15) is 12.4 Å². The molecule has 2 heterocycles. The summed E-state index contributed by atoms with van der Waals surface area (Å²) in [5, 5.41) is 9.69. The van der Waals surface area contributed by atoms with Gasteiger partial charge in [-0.3, -0.25) is 9.89 Å². The van der Waals surface area contributed by atoms with Crippen molar-refractivity contribution in [2.75, 3.05) is 17.3 Å². The molecule has 24 heavy (non-hydrogen) atoms. The van der Waals surface area contributed by atoms with Crippen LogP contribution in [0.25, 0.3) is 11.4 Å². The van der Waals surface area contributed by atoms with E-state index in [0.717, 1.165) is 23.4 Å². The molecule has 0 spiro atoms. The summed E-state index contributed by atoms with van der Waals surface area (Å²) in [5.74, 6) is 1.58. The number of aromatic nitrogens is 4. The number of carbonyl (C=O) groups excluding carboxylic acids is 1. The van der Waals surface area contributed by atoms with E-state index in [0.29, 0.717) is 5.82 Å². The van der Waals surface area contributed by atoms with Crippen LogP contribution in [-0.2, 0) is 4.79 Å². The number of nitrogens with one attached hydrogen (secondary N) is 2. The van der Waals surface area contributed by atoms with E-state index in [1.165, 1.54) is 6.33 Å². The van der Waals surface area contributed by atoms with E-state index >= 15 is 0 Å². The van der Waals surface area contributed by atoms with Gasteiger partial charge >= 0.3 is 0 Å². The third-order valence-electron chi connectivity index (χ3n) is 3.70. The lowest BCUT2D eigenvalue weighted by molar-refractivity contribution is -0.119. The summed E-state index contributed by atoms with van der Waals surface area (Å²) in [6, 6.07) is 11.2. The van der Waals surface area contributed by atoms with E-state index in [4.69, 9.17) is 0 Å². The molecule has 3 aromatic rings. The van der Waals surface area contributed by atoms with Crippen LogP contribution in [0.1, 0.15) is 12.5 Å². The number of anilines is 1. The molecule has 0 bridgehead atoms. The van der Waals surface area contributed by atoms with Crippen LogP contribution in [0, 0.1) is 0 Å². The first-order valence-electron chi connectivity index (χ1n) is 7.66. The van der Waals surface area contributed by atoms with Gasteiger partial charge < -0.3 is 9.88 Å². The summed E-state index contributed by atoms with van der Waals surface area (Å²) in [5.41, 5.74) is 1.63. The van der Waals surface area contributed by atoms with Crippen LogP contribution >= 0.6 is 11.8 Å². The third-order valence-corrected chi connectivity index (χ3v) is 4.35. The molecule has 2 aromatic heterocycles. The van der Waals surface area contributed by atoms with Crippen molar-refractivity contribution in [1.82, 2.24) is 19.7 Å². The summed E-state index contributed by atoms with van der Waals surface area (Å²) < 4.78 is 1.95. The van der Waals surface area contributed by atoms with Crippen LogP contribution in [-0.4, -0.2) is 37.7 Å². The number of amides is 1. The van der Waals surface area contributed by atoms with Gasteiger partial charge in [-0.2, -0.15) is 16.9 Å². The highest BCUT2D eigenvalue weighted by molar-refractivity contribution is 7.98. The van der Waals surface area contributed by atoms with Gasteiger partial charge in [-0.25, -0.2) is 4.98 Å². The molecule has 0 unspecified atom stereocenters. The fraction of sp³-hybridized carbons (Fsp3) is 0.235. The van der Waals surface area contributed by atoms with Crippen molar-refractivity contribution in [3.05, 3.63) is 55.1 Å². The Hall–Kier alpha value is -2.54. The molecule has 6 nitrogen and oxygen atoms in total. The number of nitrogens with zero attached hydrogens (tertiary/aromatic N) is 3. The lowest BCUT2D eigenvalue weighted by Crippen LogP contribution is -2.25. The Morgan fingerprint density at radius 3 is 2.88 bits per heavy atom. The predicted octanol–water partition coefficient (Wildman–Crippen LogP) is 3.21. The second-order valence-corrected chi connectivity index (χ2v) is 6.32. The molecule has 0 aliphatic carbocycles. The summed E-state index contributed by atoms with van der Waals surface area (Å²) in [6.45, 7) is 0. The Bertz CT molecular complexity index is 770. The van der Waals surface area contributed by atoms with Crippen LogP contribution < -0.4 is 5.32 Å². The van der Waals surface area contributed by atoms with E-state index in [1.807, 2.05) is 59.6 Å². The standard InChI is InChI=1S/C17H19N5OS/c1-24-10-7-15(22-8-2-3-9-22)17(23)20-14-6-4-5-13(11-14)16-18-12-19-21-16/h2-6,8-9,11-12,15H,7,10H2,1H3,(H,20,23)(H,18,19,21)/t15-/m0/s1. The smallest absolute Gasteiger partial charge is 0.247 e. The van der Waals surface area contributed by atoms with E-state index in [-0.39, 0.29) is 11.9 Å². The van der Waals surface area contributed by atoms with Crippen LogP contribution in [0.5, 0.6) is 0 Å². The maximum absolute atomic E-state index is 12.7.